The predicted molar refractivity (Wildman–Crippen MR) is 98.6 cm³/mol. The lowest BCUT2D eigenvalue weighted by molar-refractivity contribution is -0.139. The number of amides is 1. The lowest BCUT2D eigenvalue weighted by atomic mass is 10.1. The molecule has 0 saturated carbocycles. The van der Waals surface area contributed by atoms with E-state index in [1.807, 2.05) is 0 Å². The van der Waals surface area contributed by atoms with Crippen LogP contribution < -0.4 is 4.72 Å². The van der Waals surface area contributed by atoms with Crippen LogP contribution in [0.5, 0.6) is 0 Å². The van der Waals surface area contributed by atoms with Crippen molar-refractivity contribution in [3.63, 3.8) is 0 Å². The number of rotatable bonds is 4. The molecule has 2 aromatic rings. The van der Waals surface area contributed by atoms with Gasteiger partial charge in [-0.05, 0) is 43.5 Å². The summed E-state index contributed by atoms with van der Waals surface area (Å²) in [4.78, 5) is 13.5. The van der Waals surface area contributed by atoms with Crippen molar-refractivity contribution in [2.75, 3.05) is 17.8 Å². The van der Waals surface area contributed by atoms with Gasteiger partial charge in [0.15, 0.2) is 0 Å². The van der Waals surface area contributed by atoms with E-state index in [9.17, 15) is 26.4 Å². The van der Waals surface area contributed by atoms with Crippen LogP contribution in [0.2, 0.25) is 0 Å². The monoisotopic (exact) mass is 412 g/mol. The number of benzene rings is 2. The number of aryl methyl sites for hydroxylation is 1. The highest BCUT2D eigenvalue weighted by Gasteiger charge is 2.37. The predicted octanol–water partition coefficient (Wildman–Crippen LogP) is 4.05. The second-order valence-electron chi connectivity index (χ2n) is 6.60. The molecule has 1 saturated heterocycles. The molecule has 28 heavy (non-hydrogen) atoms. The topological polar surface area (TPSA) is 66.5 Å². The molecule has 1 aliphatic heterocycles. The lowest BCUT2D eigenvalue weighted by Gasteiger charge is -2.20. The van der Waals surface area contributed by atoms with Gasteiger partial charge in [-0.25, -0.2) is 8.42 Å². The number of para-hydroxylation sites is 1. The first-order valence-electron chi connectivity index (χ1n) is 8.69. The molecule has 1 fully saturated rings. The largest absolute Gasteiger partial charge is 0.417 e. The second kappa shape index (κ2) is 7.46. The molecule has 0 bridgehead atoms. The number of carbonyl (C=O) groups is 1. The molecule has 5 nitrogen and oxygen atoms in total. The molecule has 1 aliphatic rings. The quantitative estimate of drug-likeness (QED) is 0.824. The summed E-state index contributed by atoms with van der Waals surface area (Å²) in [5.74, 6) is -0.344. The number of hydrogen-bond acceptors (Lipinski definition) is 3. The maximum atomic E-state index is 13.3. The molecule has 9 heteroatoms. The molecule has 0 spiro atoms. The van der Waals surface area contributed by atoms with E-state index in [1.165, 1.54) is 12.1 Å². The summed E-state index contributed by atoms with van der Waals surface area (Å²) in [5.41, 5.74) is -0.701. The van der Waals surface area contributed by atoms with Gasteiger partial charge in [-0.15, -0.1) is 0 Å². The van der Waals surface area contributed by atoms with Crippen LogP contribution in [0.15, 0.2) is 47.4 Å². The summed E-state index contributed by atoms with van der Waals surface area (Å²) in [7, 11) is -4.57. The van der Waals surface area contributed by atoms with E-state index in [-0.39, 0.29) is 17.2 Å². The Bertz CT molecular complexity index is 998. The van der Waals surface area contributed by atoms with E-state index >= 15 is 0 Å². The molecule has 1 N–H and O–H groups in total. The van der Waals surface area contributed by atoms with Gasteiger partial charge in [-0.2, -0.15) is 13.2 Å². The molecule has 150 valence electrons. The molecule has 0 aliphatic carbocycles. The van der Waals surface area contributed by atoms with Crippen molar-refractivity contribution in [1.82, 2.24) is 4.90 Å². The molecule has 3 rings (SSSR count). The third-order valence-electron chi connectivity index (χ3n) is 4.61. The Morgan fingerprint density at radius 2 is 1.68 bits per heavy atom. The van der Waals surface area contributed by atoms with Crippen LogP contribution in [0.25, 0.3) is 0 Å². The Morgan fingerprint density at radius 1 is 1.04 bits per heavy atom. The van der Waals surface area contributed by atoms with E-state index in [1.54, 1.807) is 24.0 Å². The summed E-state index contributed by atoms with van der Waals surface area (Å²) in [6, 6.07) is 8.62. The Labute approximate surface area is 161 Å². The minimum Gasteiger partial charge on any atom is -0.339 e. The lowest BCUT2D eigenvalue weighted by Crippen LogP contribution is -2.29. The maximum Gasteiger partial charge on any atom is 0.417 e. The molecule has 0 unspecified atom stereocenters. The third-order valence-corrected chi connectivity index (χ3v) is 6.02. The highest BCUT2D eigenvalue weighted by atomic mass is 32.2. The average molecular weight is 412 g/mol. The number of nitrogens with one attached hydrogen (secondary N) is 1. The minimum atomic E-state index is -4.83. The minimum absolute atomic E-state index is 0.00335. The fourth-order valence-electron chi connectivity index (χ4n) is 3.20. The molecular weight excluding hydrogens is 393 g/mol. The number of alkyl halides is 3. The average Bonchev–Trinajstić information content (AvgIpc) is 3.17. The second-order valence-corrected chi connectivity index (χ2v) is 8.25. The summed E-state index contributed by atoms with van der Waals surface area (Å²) in [6.07, 6.45) is -3.11. The van der Waals surface area contributed by atoms with Gasteiger partial charge in [0.2, 0.25) is 0 Å². The van der Waals surface area contributed by atoms with Crippen LogP contribution >= 0.6 is 0 Å². The third kappa shape index (κ3) is 3.99. The van der Waals surface area contributed by atoms with Crippen molar-refractivity contribution in [3.8, 4) is 0 Å². The molecule has 1 amide bonds. The first kappa shape index (κ1) is 20.2. The van der Waals surface area contributed by atoms with Gasteiger partial charge >= 0.3 is 6.18 Å². The highest BCUT2D eigenvalue weighted by Crippen LogP contribution is 2.35. The Balaban J connectivity index is 2.04. The van der Waals surface area contributed by atoms with E-state index in [2.05, 4.69) is 4.72 Å². The molecule has 2 aromatic carbocycles. The van der Waals surface area contributed by atoms with Crippen LogP contribution in [0.4, 0.5) is 18.9 Å². The number of hydrogen-bond donors (Lipinski definition) is 1. The summed E-state index contributed by atoms with van der Waals surface area (Å²) in [5, 5.41) is 0. The normalized spacial score (nSPS) is 14.9. The van der Waals surface area contributed by atoms with Gasteiger partial charge in [-0.1, -0.05) is 24.3 Å². The summed E-state index contributed by atoms with van der Waals surface area (Å²) >= 11 is 0. The van der Waals surface area contributed by atoms with E-state index in [0.717, 1.165) is 25.0 Å². The Morgan fingerprint density at radius 3 is 2.32 bits per heavy atom. The zero-order valence-electron chi connectivity index (χ0n) is 15.1. The van der Waals surface area contributed by atoms with Crippen LogP contribution in [-0.4, -0.2) is 32.3 Å². The smallest absolute Gasteiger partial charge is 0.339 e. The molecule has 1 heterocycles. The molecular formula is C19H19F3N2O3S. The van der Waals surface area contributed by atoms with Crippen LogP contribution in [0.1, 0.15) is 34.3 Å². The van der Waals surface area contributed by atoms with Crippen LogP contribution in [0.3, 0.4) is 0 Å². The summed E-state index contributed by atoms with van der Waals surface area (Å²) < 4.78 is 67.5. The fourth-order valence-corrected chi connectivity index (χ4v) is 4.58. The molecule has 0 atom stereocenters. The van der Waals surface area contributed by atoms with E-state index in [0.29, 0.717) is 24.7 Å². The Hall–Kier alpha value is -2.55. The first-order valence-corrected chi connectivity index (χ1v) is 10.2. The standard InChI is InChI=1S/C19H19F3N2O3S/c1-13-7-6-8-14(18(25)24-11-4-5-12-24)17(13)23-28(26,27)16-10-3-2-9-15(16)19(20,21)22/h2-3,6-10,23H,4-5,11-12H2,1H3. The SMILES string of the molecule is Cc1cccc(C(=O)N2CCCC2)c1NS(=O)(=O)c1ccccc1C(F)(F)F. The van der Waals surface area contributed by atoms with Crippen molar-refractivity contribution in [1.29, 1.82) is 0 Å². The number of anilines is 1. The van der Waals surface area contributed by atoms with Gasteiger partial charge in [0, 0.05) is 13.1 Å². The van der Waals surface area contributed by atoms with Gasteiger partial charge in [-0.3, -0.25) is 9.52 Å². The molecule has 0 aromatic heterocycles. The zero-order valence-corrected chi connectivity index (χ0v) is 15.9. The zero-order chi connectivity index (χ0) is 20.5. The number of likely N-dealkylation sites (tertiary alicyclic amines) is 1. The van der Waals surface area contributed by atoms with Crippen molar-refractivity contribution in [3.05, 3.63) is 59.2 Å². The van der Waals surface area contributed by atoms with E-state index in [4.69, 9.17) is 0 Å². The van der Waals surface area contributed by atoms with Gasteiger partial charge in [0.1, 0.15) is 0 Å². The van der Waals surface area contributed by atoms with Crippen LogP contribution in [-0.2, 0) is 16.2 Å². The van der Waals surface area contributed by atoms with Gasteiger partial charge < -0.3 is 4.90 Å². The van der Waals surface area contributed by atoms with Crippen LogP contribution in [0, 0.1) is 6.92 Å². The number of halogens is 3. The van der Waals surface area contributed by atoms with Crippen molar-refractivity contribution in [2.45, 2.75) is 30.8 Å². The highest BCUT2D eigenvalue weighted by molar-refractivity contribution is 7.92. The molecule has 0 radical (unpaired) electrons. The van der Waals surface area contributed by atoms with Crippen molar-refractivity contribution < 1.29 is 26.4 Å². The van der Waals surface area contributed by atoms with Gasteiger partial charge in [0.05, 0.1) is 21.7 Å². The van der Waals surface area contributed by atoms with E-state index < -0.39 is 26.7 Å². The number of sulfonamides is 1. The Kier molecular flexibility index (Phi) is 5.38. The van der Waals surface area contributed by atoms with Crippen molar-refractivity contribution >= 4 is 21.6 Å². The van der Waals surface area contributed by atoms with Crippen molar-refractivity contribution in [2.24, 2.45) is 0 Å². The number of nitrogens with zero attached hydrogens (tertiary/aromatic N) is 1. The summed E-state index contributed by atoms with van der Waals surface area (Å²) in [6.45, 7) is 2.72. The maximum absolute atomic E-state index is 13.3. The first-order chi connectivity index (χ1) is 13.1. The van der Waals surface area contributed by atoms with Gasteiger partial charge in [0.25, 0.3) is 15.9 Å². The number of carbonyl (C=O) groups excluding carboxylic acids is 1. The fraction of sp³-hybridized carbons (Fsp3) is 0.316.